The Morgan fingerprint density at radius 3 is 2.43 bits per heavy atom. The molecule has 1 heterocycles. The smallest absolute Gasteiger partial charge is 0.119 e. The highest BCUT2D eigenvalue weighted by atomic mass is 16.5. The van der Waals surface area contributed by atoms with Crippen molar-refractivity contribution in [2.24, 2.45) is 17.6 Å². The van der Waals surface area contributed by atoms with Gasteiger partial charge in [-0.3, -0.25) is 0 Å². The molecule has 3 rings (SSSR count). The van der Waals surface area contributed by atoms with E-state index < -0.39 is 0 Å². The van der Waals surface area contributed by atoms with Crippen LogP contribution in [0.25, 0.3) is 0 Å². The van der Waals surface area contributed by atoms with E-state index in [9.17, 15) is 0 Å². The van der Waals surface area contributed by atoms with Crippen molar-refractivity contribution in [1.82, 2.24) is 4.90 Å². The molecule has 0 spiro atoms. The number of nitrogens with two attached hydrogens (primary N) is 2. The van der Waals surface area contributed by atoms with E-state index >= 15 is 0 Å². The fraction of sp³-hybridized carbons (Fsp3) is 0.520. The molecular formula is C25H37N3O2. The van der Waals surface area contributed by atoms with Crippen LogP contribution in [0.3, 0.4) is 0 Å². The highest BCUT2D eigenvalue weighted by Crippen LogP contribution is 2.33. The SMILES string of the molecule is C=C(C)/C(N)=C\C(=C/C)OCC1CCN(CC2CC(Oc3ccc(N)cc3)C2)CC1. The third-order valence-electron chi connectivity index (χ3n) is 6.16. The molecule has 0 atom stereocenters. The maximum atomic E-state index is 6.03. The molecule has 5 nitrogen and oxygen atoms in total. The van der Waals surface area contributed by atoms with E-state index in [0.717, 1.165) is 61.2 Å². The number of allylic oxidation sites excluding steroid dienone is 3. The van der Waals surface area contributed by atoms with Crippen LogP contribution in [0.15, 0.2) is 60.0 Å². The summed E-state index contributed by atoms with van der Waals surface area (Å²) in [6.45, 7) is 12.0. The monoisotopic (exact) mass is 411 g/mol. The topological polar surface area (TPSA) is 73.7 Å². The molecule has 0 unspecified atom stereocenters. The molecule has 0 aromatic heterocycles. The molecule has 0 amide bonds. The Hall–Kier alpha value is -2.40. The molecule has 5 heteroatoms. The Morgan fingerprint density at radius 2 is 1.83 bits per heavy atom. The van der Waals surface area contributed by atoms with Gasteiger partial charge in [-0.15, -0.1) is 0 Å². The first-order valence-electron chi connectivity index (χ1n) is 11.1. The Kier molecular flexibility index (Phi) is 7.86. The van der Waals surface area contributed by atoms with Crippen LogP contribution in [-0.4, -0.2) is 37.2 Å². The maximum absolute atomic E-state index is 6.03. The van der Waals surface area contributed by atoms with Gasteiger partial charge in [-0.05, 0) is 100 Å². The zero-order valence-corrected chi connectivity index (χ0v) is 18.5. The van der Waals surface area contributed by atoms with Gasteiger partial charge in [0, 0.05) is 24.0 Å². The number of nitrogen functional groups attached to an aromatic ring is 1. The minimum absolute atomic E-state index is 0.350. The zero-order valence-electron chi connectivity index (χ0n) is 18.5. The number of hydrogen-bond donors (Lipinski definition) is 2. The summed E-state index contributed by atoms with van der Waals surface area (Å²) in [5.41, 5.74) is 14.0. The van der Waals surface area contributed by atoms with Crippen LogP contribution in [0.1, 0.15) is 39.5 Å². The summed E-state index contributed by atoms with van der Waals surface area (Å²) in [6, 6.07) is 7.70. The molecular weight excluding hydrogens is 374 g/mol. The average molecular weight is 412 g/mol. The van der Waals surface area contributed by atoms with E-state index in [-0.39, 0.29) is 0 Å². The third-order valence-corrected chi connectivity index (χ3v) is 6.16. The van der Waals surface area contributed by atoms with E-state index in [0.29, 0.717) is 17.7 Å². The fourth-order valence-electron chi connectivity index (χ4n) is 4.06. The lowest BCUT2D eigenvalue weighted by atomic mass is 9.81. The normalized spacial score (nSPS) is 23.7. The second-order valence-corrected chi connectivity index (χ2v) is 8.77. The van der Waals surface area contributed by atoms with Crippen LogP contribution >= 0.6 is 0 Å². The number of hydrogen-bond acceptors (Lipinski definition) is 5. The summed E-state index contributed by atoms with van der Waals surface area (Å²) in [6.07, 6.45) is 8.86. The number of benzene rings is 1. The molecule has 1 aromatic rings. The number of anilines is 1. The second kappa shape index (κ2) is 10.6. The number of likely N-dealkylation sites (tertiary alicyclic amines) is 1. The van der Waals surface area contributed by atoms with Crippen LogP contribution in [0.5, 0.6) is 5.75 Å². The van der Waals surface area contributed by atoms with Crippen molar-refractivity contribution in [3.05, 3.63) is 60.0 Å². The van der Waals surface area contributed by atoms with E-state index in [2.05, 4.69) is 11.5 Å². The second-order valence-electron chi connectivity index (χ2n) is 8.77. The Labute approximate surface area is 181 Å². The minimum Gasteiger partial charge on any atom is -0.494 e. The van der Waals surface area contributed by atoms with Gasteiger partial charge in [-0.25, -0.2) is 0 Å². The van der Waals surface area contributed by atoms with Gasteiger partial charge < -0.3 is 25.8 Å². The summed E-state index contributed by atoms with van der Waals surface area (Å²) < 4.78 is 12.0. The van der Waals surface area contributed by atoms with Gasteiger partial charge >= 0.3 is 0 Å². The van der Waals surface area contributed by atoms with Gasteiger partial charge in [0.1, 0.15) is 11.5 Å². The lowest BCUT2D eigenvalue weighted by Gasteiger charge is -2.40. The molecule has 164 valence electrons. The van der Waals surface area contributed by atoms with Crippen LogP contribution < -0.4 is 16.2 Å². The fourth-order valence-corrected chi connectivity index (χ4v) is 4.06. The lowest BCUT2D eigenvalue weighted by molar-refractivity contribution is 0.0307. The maximum Gasteiger partial charge on any atom is 0.119 e. The molecule has 1 saturated carbocycles. The van der Waals surface area contributed by atoms with Crippen molar-refractivity contribution in [1.29, 1.82) is 0 Å². The first kappa shape index (κ1) is 22.3. The van der Waals surface area contributed by atoms with E-state index in [1.54, 1.807) is 0 Å². The molecule has 0 radical (unpaired) electrons. The molecule has 1 aromatic carbocycles. The van der Waals surface area contributed by atoms with Gasteiger partial charge in [-0.1, -0.05) is 6.58 Å². The third kappa shape index (κ3) is 6.56. The molecule has 30 heavy (non-hydrogen) atoms. The summed E-state index contributed by atoms with van der Waals surface area (Å²) in [5, 5.41) is 0. The summed E-state index contributed by atoms with van der Waals surface area (Å²) >= 11 is 0. The summed E-state index contributed by atoms with van der Waals surface area (Å²) in [4.78, 5) is 2.61. The van der Waals surface area contributed by atoms with Crippen molar-refractivity contribution in [3.63, 3.8) is 0 Å². The summed E-state index contributed by atoms with van der Waals surface area (Å²) in [5.74, 6) is 3.12. The quantitative estimate of drug-likeness (QED) is 0.356. The van der Waals surface area contributed by atoms with Gasteiger partial charge in [-0.2, -0.15) is 0 Å². The van der Waals surface area contributed by atoms with E-state index in [1.807, 2.05) is 50.3 Å². The van der Waals surface area contributed by atoms with Crippen LogP contribution in [0.2, 0.25) is 0 Å². The number of rotatable bonds is 9. The lowest BCUT2D eigenvalue weighted by Crippen LogP contribution is -2.44. The van der Waals surface area contributed by atoms with Gasteiger partial charge in [0.25, 0.3) is 0 Å². The highest BCUT2D eigenvalue weighted by molar-refractivity contribution is 5.41. The van der Waals surface area contributed by atoms with E-state index in [4.69, 9.17) is 20.9 Å². The molecule has 1 saturated heterocycles. The van der Waals surface area contributed by atoms with E-state index in [1.165, 1.54) is 19.4 Å². The molecule has 2 aliphatic rings. The first-order valence-corrected chi connectivity index (χ1v) is 11.1. The molecule has 1 aliphatic heterocycles. The Balaban J connectivity index is 1.31. The zero-order chi connectivity index (χ0) is 21.5. The van der Waals surface area contributed by atoms with Crippen molar-refractivity contribution in [3.8, 4) is 5.75 Å². The number of piperidine rings is 1. The van der Waals surface area contributed by atoms with Crippen LogP contribution in [-0.2, 0) is 4.74 Å². The first-order chi connectivity index (χ1) is 14.4. The summed E-state index contributed by atoms with van der Waals surface area (Å²) in [7, 11) is 0. The predicted octanol–water partition coefficient (Wildman–Crippen LogP) is 4.48. The van der Waals surface area contributed by atoms with Crippen LogP contribution in [0, 0.1) is 11.8 Å². The molecule has 0 bridgehead atoms. The highest BCUT2D eigenvalue weighted by Gasteiger charge is 2.33. The molecule has 4 N–H and O–H groups in total. The molecule has 1 aliphatic carbocycles. The van der Waals surface area contributed by atoms with Crippen molar-refractivity contribution >= 4 is 5.69 Å². The van der Waals surface area contributed by atoms with Crippen molar-refractivity contribution in [2.75, 3.05) is 32.0 Å². The number of ether oxygens (including phenoxy) is 2. The predicted molar refractivity (Wildman–Crippen MR) is 124 cm³/mol. The number of nitrogens with zero attached hydrogens (tertiary/aromatic N) is 1. The van der Waals surface area contributed by atoms with Gasteiger partial charge in [0.15, 0.2) is 0 Å². The standard InChI is InChI=1S/C25H37N3O2/c1-4-22(15-25(27)18(2)3)29-17-19-9-11-28(12-10-19)16-20-13-24(14-20)30-23-7-5-21(26)6-8-23/h4-8,15,19-20,24H,2,9-14,16-17,26-27H2,1,3H3/b22-4+,25-15+. The Morgan fingerprint density at radius 1 is 1.17 bits per heavy atom. The molecule has 2 fully saturated rings. The van der Waals surface area contributed by atoms with Crippen molar-refractivity contribution in [2.45, 2.75) is 45.6 Å². The van der Waals surface area contributed by atoms with Crippen molar-refractivity contribution < 1.29 is 9.47 Å². The average Bonchev–Trinajstić information content (AvgIpc) is 2.71. The van der Waals surface area contributed by atoms with Crippen LogP contribution in [0.4, 0.5) is 5.69 Å². The minimum atomic E-state index is 0.350. The van der Waals surface area contributed by atoms with Gasteiger partial charge in [0.05, 0.1) is 12.7 Å². The Bertz CT molecular complexity index is 755. The largest absolute Gasteiger partial charge is 0.494 e. The van der Waals surface area contributed by atoms with Gasteiger partial charge in [0.2, 0.25) is 0 Å².